The van der Waals surface area contributed by atoms with Crippen molar-refractivity contribution in [3.05, 3.63) is 60.5 Å². The normalized spacial score (nSPS) is 14.4. The van der Waals surface area contributed by atoms with Crippen molar-refractivity contribution in [3.8, 4) is 0 Å². The molecule has 1 aromatic carbocycles. The van der Waals surface area contributed by atoms with Crippen LogP contribution in [0.2, 0.25) is 0 Å². The van der Waals surface area contributed by atoms with Crippen LogP contribution < -0.4 is 5.46 Å². The van der Waals surface area contributed by atoms with E-state index in [1.165, 1.54) is 0 Å². The minimum atomic E-state index is -0.0174. The van der Waals surface area contributed by atoms with Crippen LogP contribution in [-0.2, 0) is 0 Å². The molecule has 0 atom stereocenters. The number of halogens is 1. The summed E-state index contributed by atoms with van der Waals surface area (Å²) in [6.45, 7) is 0. The summed E-state index contributed by atoms with van der Waals surface area (Å²) in [5.74, 6) is 0. The Labute approximate surface area is 83.9 Å². The summed E-state index contributed by atoms with van der Waals surface area (Å²) in [5, 5.41) is 0. The Morgan fingerprint density at radius 3 is 2.38 bits per heavy atom. The van der Waals surface area contributed by atoms with Crippen molar-refractivity contribution in [1.82, 2.24) is 0 Å². The molecule has 0 heterocycles. The van der Waals surface area contributed by atoms with Gasteiger partial charge >= 0.3 is 6.13 Å². The van der Waals surface area contributed by atoms with Crippen molar-refractivity contribution >= 4 is 23.1 Å². The number of allylic oxidation sites excluding steroid dienone is 4. The van der Waals surface area contributed by atoms with Gasteiger partial charge in [-0.25, -0.2) is 0 Å². The van der Waals surface area contributed by atoms with Crippen LogP contribution in [0.15, 0.2) is 54.0 Å². The number of benzene rings is 1. The highest BCUT2D eigenvalue weighted by molar-refractivity contribution is 7.18. The van der Waals surface area contributed by atoms with E-state index in [2.05, 4.69) is 0 Å². The summed E-state index contributed by atoms with van der Waals surface area (Å²) in [7, 11) is 0. The van der Waals surface area contributed by atoms with Crippen molar-refractivity contribution in [3.63, 3.8) is 0 Å². The fraction of sp³-hybridized carbons (Fsp3) is 0. The van der Waals surface area contributed by atoms with Gasteiger partial charge in [0.2, 0.25) is 0 Å². The Balaban J connectivity index is 2.18. The third kappa shape index (κ3) is 1.86. The molecule has 0 saturated heterocycles. The Bertz CT molecular complexity index is 340. The van der Waals surface area contributed by atoms with Crippen LogP contribution >= 0.6 is 11.5 Å². The average molecular weight is 187 g/mol. The van der Waals surface area contributed by atoms with Gasteiger partial charge in [0, 0.05) is 6.42 Å². The fourth-order valence-electron chi connectivity index (χ4n) is 1.37. The first-order valence-corrected chi connectivity index (χ1v) is 4.72. The maximum atomic E-state index is 6.27. The first kappa shape index (κ1) is 8.64. The predicted molar refractivity (Wildman–Crippen MR) is 59.2 cm³/mol. The van der Waals surface area contributed by atoms with Crippen molar-refractivity contribution in [2.75, 3.05) is 0 Å². The van der Waals surface area contributed by atoms with E-state index in [1.54, 1.807) is 0 Å². The van der Waals surface area contributed by atoms with Gasteiger partial charge in [0.05, 0.1) is 0 Å². The minimum absolute atomic E-state index is 0.0174. The molecule has 63 valence electrons. The zero-order valence-corrected chi connectivity index (χ0v) is 7.91. The molecule has 2 heteroatoms. The molecule has 0 fully saturated rings. The second-order valence-electron chi connectivity index (χ2n) is 2.99. The smallest absolute Gasteiger partial charge is 0.182 e. The Morgan fingerprint density at radius 2 is 1.77 bits per heavy atom. The SMILES string of the molecule is ClB(C1=CC=C[CH]1)c1ccccc1. The lowest BCUT2D eigenvalue weighted by Gasteiger charge is -2.06. The molecule has 0 aromatic heterocycles. The molecule has 1 aliphatic carbocycles. The van der Waals surface area contributed by atoms with Crippen molar-refractivity contribution in [2.45, 2.75) is 0 Å². The van der Waals surface area contributed by atoms with Gasteiger partial charge in [-0.15, -0.1) is 0 Å². The van der Waals surface area contributed by atoms with Crippen LogP contribution in [0, 0.1) is 6.42 Å². The molecule has 1 aromatic rings. The lowest BCUT2D eigenvalue weighted by molar-refractivity contribution is 1.73. The molecule has 13 heavy (non-hydrogen) atoms. The molecule has 2 rings (SSSR count). The molecule has 0 saturated carbocycles. The third-order valence-corrected chi connectivity index (χ3v) is 2.58. The maximum absolute atomic E-state index is 6.27. The second-order valence-corrected chi connectivity index (χ2v) is 3.43. The molecule has 0 bridgehead atoms. The summed E-state index contributed by atoms with van der Waals surface area (Å²) in [6, 6.07) is 10.1. The summed E-state index contributed by atoms with van der Waals surface area (Å²) in [5.41, 5.74) is 2.31. The van der Waals surface area contributed by atoms with Crippen LogP contribution in [0.1, 0.15) is 0 Å². The monoisotopic (exact) mass is 187 g/mol. The van der Waals surface area contributed by atoms with E-state index in [4.69, 9.17) is 11.5 Å². The van der Waals surface area contributed by atoms with E-state index in [9.17, 15) is 0 Å². The highest BCUT2D eigenvalue weighted by atomic mass is 35.5. The van der Waals surface area contributed by atoms with Gasteiger partial charge in [-0.3, -0.25) is 0 Å². The third-order valence-electron chi connectivity index (χ3n) is 2.07. The quantitative estimate of drug-likeness (QED) is 0.624. The first-order valence-electron chi connectivity index (χ1n) is 4.28. The largest absolute Gasteiger partial charge is 0.312 e. The van der Waals surface area contributed by atoms with Gasteiger partial charge in [0.1, 0.15) is 0 Å². The van der Waals surface area contributed by atoms with Crippen molar-refractivity contribution in [2.24, 2.45) is 0 Å². The van der Waals surface area contributed by atoms with E-state index in [-0.39, 0.29) is 6.13 Å². The van der Waals surface area contributed by atoms with E-state index in [0.29, 0.717) is 0 Å². The molecule has 1 aliphatic rings. The lowest BCUT2D eigenvalue weighted by Crippen LogP contribution is -2.26. The highest BCUT2D eigenvalue weighted by Crippen LogP contribution is 2.15. The van der Waals surface area contributed by atoms with Crippen LogP contribution in [0.3, 0.4) is 0 Å². The van der Waals surface area contributed by atoms with Crippen molar-refractivity contribution < 1.29 is 0 Å². The summed E-state index contributed by atoms with van der Waals surface area (Å²) >= 11 is 6.27. The van der Waals surface area contributed by atoms with E-state index in [1.807, 2.05) is 55.0 Å². The molecular weight excluding hydrogens is 178 g/mol. The molecule has 0 spiro atoms. The predicted octanol–water partition coefficient (Wildman–Crippen LogP) is 2.36. The molecule has 0 amide bonds. The van der Waals surface area contributed by atoms with Crippen LogP contribution in [0.5, 0.6) is 0 Å². The average Bonchev–Trinajstić information content (AvgIpc) is 2.71. The minimum Gasteiger partial charge on any atom is -0.182 e. The molecule has 0 N–H and O–H groups in total. The van der Waals surface area contributed by atoms with E-state index < -0.39 is 0 Å². The summed E-state index contributed by atoms with van der Waals surface area (Å²) in [4.78, 5) is 0. The molecule has 0 aliphatic heterocycles. The summed E-state index contributed by atoms with van der Waals surface area (Å²) < 4.78 is 0. The lowest BCUT2D eigenvalue weighted by atomic mass is 9.61. The zero-order chi connectivity index (χ0) is 9.10. The fourth-order valence-corrected chi connectivity index (χ4v) is 1.66. The van der Waals surface area contributed by atoms with Crippen LogP contribution in [0.25, 0.3) is 0 Å². The molecular formula is C11H9BCl. The van der Waals surface area contributed by atoms with Gasteiger partial charge in [0.15, 0.2) is 0 Å². The van der Waals surface area contributed by atoms with Crippen molar-refractivity contribution in [1.29, 1.82) is 0 Å². The Morgan fingerprint density at radius 1 is 1.00 bits per heavy atom. The molecule has 1 radical (unpaired) electrons. The van der Waals surface area contributed by atoms with E-state index in [0.717, 1.165) is 10.9 Å². The summed E-state index contributed by atoms with van der Waals surface area (Å²) in [6.07, 6.45) is 8.09. The topological polar surface area (TPSA) is 0 Å². The van der Waals surface area contributed by atoms with Crippen LogP contribution in [-0.4, -0.2) is 6.13 Å². The highest BCUT2D eigenvalue weighted by Gasteiger charge is 2.18. The Hall–Kier alpha value is -0.945. The number of hydrogen-bond donors (Lipinski definition) is 0. The first-order chi connectivity index (χ1) is 6.38. The van der Waals surface area contributed by atoms with Gasteiger partial charge in [-0.2, -0.15) is 11.5 Å². The zero-order valence-electron chi connectivity index (χ0n) is 7.15. The van der Waals surface area contributed by atoms with Gasteiger partial charge in [0.25, 0.3) is 0 Å². The van der Waals surface area contributed by atoms with Gasteiger partial charge in [-0.1, -0.05) is 59.5 Å². The number of hydrogen-bond acceptors (Lipinski definition) is 0. The van der Waals surface area contributed by atoms with Crippen LogP contribution in [0.4, 0.5) is 0 Å². The van der Waals surface area contributed by atoms with Gasteiger partial charge < -0.3 is 0 Å². The standard InChI is InChI=1S/C11H9BCl/c13-12(11-8-4-5-9-11)10-6-2-1-3-7-10/h1-9H. The maximum Gasteiger partial charge on any atom is 0.312 e. The molecule has 0 unspecified atom stereocenters. The Kier molecular flexibility index (Phi) is 2.56. The number of rotatable bonds is 2. The van der Waals surface area contributed by atoms with E-state index >= 15 is 0 Å². The second kappa shape index (κ2) is 3.84. The molecule has 0 nitrogen and oxygen atoms in total. The van der Waals surface area contributed by atoms with Gasteiger partial charge in [-0.05, 0) is 0 Å².